The molecule has 0 aliphatic carbocycles. The lowest BCUT2D eigenvalue weighted by atomic mass is 10.2. The van der Waals surface area contributed by atoms with E-state index in [1.165, 1.54) is 6.33 Å². The van der Waals surface area contributed by atoms with Gasteiger partial charge in [-0.25, -0.2) is 9.97 Å². The highest BCUT2D eigenvalue weighted by atomic mass is 16.4. The normalized spacial score (nSPS) is 12.1. The Hall–Kier alpha value is -1.65. The molecule has 5 nitrogen and oxygen atoms in total. The lowest BCUT2D eigenvalue weighted by Gasteiger charge is -2.10. The van der Waals surface area contributed by atoms with Crippen molar-refractivity contribution in [2.24, 2.45) is 0 Å². The average Bonchev–Trinajstić information content (AvgIpc) is 2.04. The number of aromatic nitrogens is 2. The van der Waals surface area contributed by atoms with E-state index in [0.717, 1.165) is 0 Å². The summed E-state index contributed by atoms with van der Waals surface area (Å²) in [6, 6.07) is 1.56. The first-order chi connectivity index (χ1) is 6.18. The van der Waals surface area contributed by atoms with Gasteiger partial charge in [-0.05, 0) is 13.0 Å². The molecule has 0 saturated heterocycles. The van der Waals surface area contributed by atoms with Crippen LogP contribution in [0.2, 0.25) is 0 Å². The molecular weight excluding hydrogens is 170 g/mol. The van der Waals surface area contributed by atoms with Gasteiger partial charge in [-0.2, -0.15) is 0 Å². The van der Waals surface area contributed by atoms with Crippen LogP contribution in [0.3, 0.4) is 0 Å². The van der Waals surface area contributed by atoms with Crippen LogP contribution >= 0.6 is 0 Å². The third-order valence-corrected chi connectivity index (χ3v) is 1.46. The smallest absolute Gasteiger partial charge is 0.305 e. The van der Waals surface area contributed by atoms with Gasteiger partial charge in [-0.15, -0.1) is 0 Å². The summed E-state index contributed by atoms with van der Waals surface area (Å²) in [6.45, 7) is 1.79. The fraction of sp³-hybridized carbons (Fsp3) is 0.375. The number of nitrogens with zero attached hydrogens (tertiary/aromatic N) is 2. The standard InChI is InChI=1S/C8H11N3O2/c1-6(4-8(12)13)11-7-2-3-9-5-10-7/h2-3,5-6H,4H2,1H3,(H,12,13)(H,9,10,11). The van der Waals surface area contributed by atoms with Crippen LogP contribution in [0, 0.1) is 0 Å². The Morgan fingerprint density at radius 2 is 2.54 bits per heavy atom. The minimum atomic E-state index is -0.825. The number of carbonyl (C=O) groups is 1. The Morgan fingerprint density at radius 1 is 1.77 bits per heavy atom. The van der Waals surface area contributed by atoms with E-state index in [4.69, 9.17) is 5.11 Å². The maximum atomic E-state index is 10.3. The summed E-state index contributed by atoms with van der Waals surface area (Å²) in [4.78, 5) is 18.0. The molecule has 0 fully saturated rings. The SMILES string of the molecule is CC(CC(=O)O)Nc1ccncn1. The van der Waals surface area contributed by atoms with E-state index in [-0.39, 0.29) is 12.5 Å². The van der Waals surface area contributed by atoms with Gasteiger partial charge in [0.2, 0.25) is 0 Å². The Kier molecular flexibility index (Phi) is 3.19. The summed E-state index contributed by atoms with van der Waals surface area (Å²) in [5.41, 5.74) is 0. The summed E-state index contributed by atoms with van der Waals surface area (Å²) in [6.07, 6.45) is 3.09. The molecule has 70 valence electrons. The first-order valence-electron chi connectivity index (χ1n) is 3.93. The van der Waals surface area contributed by atoms with E-state index < -0.39 is 5.97 Å². The van der Waals surface area contributed by atoms with Crippen LogP contribution in [0.25, 0.3) is 0 Å². The number of aliphatic carboxylic acids is 1. The second kappa shape index (κ2) is 4.39. The predicted octanol–water partition coefficient (Wildman–Crippen LogP) is 0.752. The van der Waals surface area contributed by atoms with E-state index in [2.05, 4.69) is 15.3 Å². The Bertz CT molecular complexity index is 276. The van der Waals surface area contributed by atoms with Gasteiger partial charge in [0.05, 0.1) is 6.42 Å². The van der Waals surface area contributed by atoms with E-state index in [1.807, 2.05) is 0 Å². The minimum Gasteiger partial charge on any atom is -0.481 e. The average molecular weight is 181 g/mol. The highest BCUT2D eigenvalue weighted by Gasteiger charge is 2.06. The highest BCUT2D eigenvalue weighted by molar-refractivity contribution is 5.68. The van der Waals surface area contributed by atoms with E-state index in [9.17, 15) is 4.79 Å². The summed E-state index contributed by atoms with van der Waals surface area (Å²) in [5, 5.41) is 11.4. The zero-order chi connectivity index (χ0) is 9.68. The van der Waals surface area contributed by atoms with Gasteiger partial charge in [0.25, 0.3) is 0 Å². The second-order valence-corrected chi connectivity index (χ2v) is 2.74. The molecule has 1 aromatic heterocycles. The summed E-state index contributed by atoms with van der Waals surface area (Å²) >= 11 is 0. The lowest BCUT2D eigenvalue weighted by molar-refractivity contribution is -0.137. The number of nitrogens with one attached hydrogen (secondary N) is 1. The molecule has 0 aliphatic heterocycles. The maximum Gasteiger partial charge on any atom is 0.305 e. The largest absolute Gasteiger partial charge is 0.481 e. The number of carboxylic acids is 1. The molecule has 5 heteroatoms. The third-order valence-electron chi connectivity index (χ3n) is 1.46. The molecule has 0 radical (unpaired) electrons. The van der Waals surface area contributed by atoms with Crippen LogP contribution in [0.5, 0.6) is 0 Å². The van der Waals surface area contributed by atoms with Gasteiger partial charge in [0.15, 0.2) is 0 Å². The van der Waals surface area contributed by atoms with Gasteiger partial charge < -0.3 is 10.4 Å². The van der Waals surface area contributed by atoms with Gasteiger partial charge in [-0.1, -0.05) is 0 Å². The molecular formula is C8H11N3O2. The molecule has 1 aromatic rings. The van der Waals surface area contributed by atoms with Gasteiger partial charge in [0, 0.05) is 12.2 Å². The van der Waals surface area contributed by atoms with Gasteiger partial charge >= 0.3 is 5.97 Å². The maximum absolute atomic E-state index is 10.3. The van der Waals surface area contributed by atoms with Crippen molar-refractivity contribution in [1.82, 2.24) is 9.97 Å². The quantitative estimate of drug-likeness (QED) is 0.717. The van der Waals surface area contributed by atoms with Gasteiger partial charge in [0.1, 0.15) is 12.1 Å². The Labute approximate surface area is 75.8 Å². The molecule has 1 heterocycles. The zero-order valence-electron chi connectivity index (χ0n) is 7.27. The summed E-state index contributed by atoms with van der Waals surface area (Å²) in [7, 11) is 0. The number of rotatable bonds is 4. The molecule has 1 rings (SSSR count). The molecule has 0 spiro atoms. The van der Waals surface area contributed by atoms with Crippen molar-refractivity contribution in [3.05, 3.63) is 18.6 Å². The van der Waals surface area contributed by atoms with Crippen LogP contribution in [0.4, 0.5) is 5.82 Å². The van der Waals surface area contributed by atoms with Crippen molar-refractivity contribution in [3.8, 4) is 0 Å². The van der Waals surface area contributed by atoms with Crippen LogP contribution < -0.4 is 5.32 Å². The molecule has 1 atom stereocenters. The molecule has 0 bridgehead atoms. The Morgan fingerprint density at radius 3 is 3.08 bits per heavy atom. The van der Waals surface area contributed by atoms with Gasteiger partial charge in [-0.3, -0.25) is 4.79 Å². The first-order valence-corrected chi connectivity index (χ1v) is 3.93. The lowest BCUT2D eigenvalue weighted by Crippen LogP contribution is -2.19. The minimum absolute atomic E-state index is 0.0734. The highest BCUT2D eigenvalue weighted by Crippen LogP contribution is 2.03. The topological polar surface area (TPSA) is 75.1 Å². The van der Waals surface area contributed by atoms with E-state index in [1.54, 1.807) is 19.2 Å². The van der Waals surface area contributed by atoms with Crippen molar-refractivity contribution in [2.45, 2.75) is 19.4 Å². The molecule has 0 saturated carbocycles. The molecule has 0 amide bonds. The van der Waals surface area contributed by atoms with Crippen LogP contribution in [-0.2, 0) is 4.79 Å². The molecule has 13 heavy (non-hydrogen) atoms. The predicted molar refractivity (Wildman–Crippen MR) is 47.4 cm³/mol. The van der Waals surface area contributed by atoms with Crippen molar-refractivity contribution in [3.63, 3.8) is 0 Å². The summed E-state index contributed by atoms with van der Waals surface area (Å²) in [5.74, 6) is -0.183. The van der Waals surface area contributed by atoms with Crippen LogP contribution in [0.1, 0.15) is 13.3 Å². The van der Waals surface area contributed by atoms with Crippen molar-refractivity contribution < 1.29 is 9.90 Å². The van der Waals surface area contributed by atoms with E-state index in [0.29, 0.717) is 5.82 Å². The molecule has 1 unspecified atom stereocenters. The second-order valence-electron chi connectivity index (χ2n) is 2.74. The number of anilines is 1. The van der Waals surface area contributed by atoms with Crippen LogP contribution in [-0.4, -0.2) is 27.1 Å². The zero-order valence-corrected chi connectivity index (χ0v) is 7.27. The van der Waals surface area contributed by atoms with Crippen LogP contribution in [0.15, 0.2) is 18.6 Å². The molecule has 2 N–H and O–H groups in total. The van der Waals surface area contributed by atoms with Crippen molar-refractivity contribution in [2.75, 3.05) is 5.32 Å². The summed E-state index contributed by atoms with van der Waals surface area (Å²) < 4.78 is 0. The molecule has 0 aliphatic rings. The van der Waals surface area contributed by atoms with Crippen molar-refractivity contribution >= 4 is 11.8 Å². The third kappa shape index (κ3) is 3.50. The monoisotopic (exact) mass is 181 g/mol. The fourth-order valence-corrected chi connectivity index (χ4v) is 0.941. The number of hydrogen-bond donors (Lipinski definition) is 2. The van der Waals surface area contributed by atoms with Crippen molar-refractivity contribution in [1.29, 1.82) is 0 Å². The first kappa shape index (κ1) is 9.44. The number of carboxylic acid groups (broad SMARTS) is 1. The fourth-order valence-electron chi connectivity index (χ4n) is 0.941. The Balaban J connectivity index is 2.45. The molecule has 0 aromatic carbocycles. The van der Waals surface area contributed by atoms with E-state index >= 15 is 0 Å². The number of hydrogen-bond acceptors (Lipinski definition) is 4.